The van der Waals surface area contributed by atoms with Crippen LogP contribution in [-0.4, -0.2) is 48.1 Å². The molecule has 1 spiro atoms. The topological polar surface area (TPSA) is 93.1 Å². The monoisotopic (exact) mass is 333 g/mol. The van der Waals surface area contributed by atoms with Crippen molar-refractivity contribution in [1.82, 2.24) is 4.90 Å². The molecule has 0 aromatic heterocycles. The maximum Gasteiger partial charge on any atom is 0.328 e. The number of hydrogen-bond acceptors (Lipinski definition) is 6. The predicted molar refractivity (Wildman–Crippen MR) is 82.2 cm³/mol. The van der Waals surface area contributed by atoms with Crippen LogP contribution in [0.2, 0.25) is 0 Å². The van der Waals surface area contributed by atoms with Crippen LogP contribution in [-0.2, 0) is 24.6 Å². The molecule has 1 saturated carbocycles. The van der Waals surface area contributed by atoms with Gasteiger partial charge < -0.3 is 19.5 Å². The predicted octanol–water partition coefficient (Wildman–Crippen LogP) is 1.33. The molecule has 1 fully saturated rings. The number of esters is 2. The summed E-state index contributed by atoms with van der Waals surface area (Å²) in [5.41, 5.74) is 0.687. The van der Waals surface area contributed by atoms with E-state index in [1.807, 2.05) is 0 Å². The molecule has 1 aromatic rings. The number of hydrogen-bond donors (Lipinski definition) is 1. The van der Waals surface area contributed by atoms with Gasteiger partial charge in [-0.15, -0.1) is 0 Å². The van der Waals surface area contributed by atoms with Gasteiger partial charge in [-0.05, 0) is 37.0 Å². The van der Waals surface area contributed by atoms with Crippen molar-refractivity contribution in [2.24, 2.45) is 0 Å². The lowest BCUT2D eigenvalue weighted by atomic mass is 10.0. The first kappa shape index (κ1) is 16.3. The van der Waals surface area contributed by atoms with Gasteiger partial charge in [-0.1, -0.05) is 6.07 Å². The number of methoxy groups -OCH3 is 2. The smallest absolute Gasteiger partial charge is 0.328 e. The maximum absolute atomic E-state index is 12.9. The van der Waals surface area contributed by atoms with Crippen LogP contribution in [0.5, 0.6) is 5.75 Å². The van der Waals surface area contributed by atoms with E-state index in [9.17, 15) is 19.5 Å². The second kappa shape index (κ2) is 5.81. The number of ether oxygens (including phenoxy) is 2. The van der Waals surface area contributed by atoms with Crippen molar-refractivity contribution >= 4 is 17.8 Å². The van der Waals surface area contributed by atoms with Crippen LogP contribution in [0, 0.1) is 0 Å². The molecular weight excluding hydrogens is 314 g/mol. The van der Waals surface area contributed by atoms with Crippen LogP contribution in [0.4, 0.5) is 0 Å². The summed E-state index contributed by atoms with van der Waals surface area (Å²) in [6.07, 6.45) is 1.62. The average molecular weight is 333 g/mol. The fraction of sp³-hybridized carbons (Fsp3) is 0.471. The number of carbonyl (C=O) groups is 3. The minimum absolute atomic E-state index is 0.00364. The van der Waals surface area contributed by atoms with Crippen LogP contribution in [0.1, 0.15) is 41.6 Å². The standard InChI is InChI=1S/C17H19NO6/c1-23-14(20)6-5-13(16(22)24-2)18-15(21)11-9-10(19)3-4-12(11)17(18)7-8-17/h3-4,9,13,19H,5-8H2,1-2H3. The third-order valence-electron chi connectivity index (χ3n) is 4.77. The van der Waals surface area contributed by atoms with Crippen molar-refractivity contribution in [2.45, 2.75) is 37.3 Å². The highest BCUT2D eigenvalue weighted by Crippen LogP contribution is 2.58. The van der Waals surface area contributed by atoms with E-state index in [0.717, 1.165) is 18.4 Å². The van der Waals surface area contributed by atoms with E-state index >= 15 is 0 Å². The first-order valence-corrected chi connectivity index (χ1v) is 7.76. The van der Waals surface area contributed by atoms with Crippen LogP contribution >= 0.6 is 0 Å². The van der Waals surface area contributed by atoms with E-state index in [4.69, 9.17) is 4.74 Å². The van der Waals surface area contributed by atoms with Gasteiger partial charge in [0.2, 0.25) is 0 Å². The van der Waals surface area contributed by atoms with Gasteiger partial charge >= 0.3 is 11.9 Å². The van der Waals surface area contributed by atoms with Gasteiger partial charge in [0.15, 0.2) is 0 Å². The van der Waals surface area contributed by atoms with Crippen molar-refractivity contribution < 1.29 is 29.0 Å². The van der Waals surface area contributed by atoms with Gasteiger partial charge in [0.25, 0.3) is 5.91 Å². The minimum Gasteiger partial charge on any atom is -0.508 e. The number of fused-ring (bicyclic) bond motifs is 2. The number of carbonyl (C=O) groups excluding carboxylic acids is 3. The highest BCUT2D eigenvalue weighted by atomic mass is 16.5. The molecule has 7 heteroatoms. The summed E-state index contributed by atoms with van der Waals surface area (Å²) in [6, 6.07) is 3.83. The van der Waals surface area contributed by atoms with E-state index in [-0.39, 0.29) is 24.5 Å². The Morgan fingerprint density at radius 2 is 2.00 bits per heavy atom. The van der Waals surface area contributed by atoms with Gasteiger partial charge in [0.1, 0.15) is 11.8 Å². The number of rotatable bonds is 5. The van der Waals surface area contributed by atoms with Crippen molar-refractivity contribution in [3.05, 3.63) is 29.3 Å². The molecule has 128 valence electrons. The molecular formula is C17H19NO6. The van der Waals surface area contributed by atoms with Crippen molar-refractivity contribution in [3.8, 4) is 5.75 Å². The zero-order valence-corrected chi connectivity index (χ0v) is 13.6. The highest BCUT2D eigenvalue weighted by molar-refractivity contribution is 6.03. The number of phenols is 1. The number of benzene rings is 1. The fourth-order valence-electron chi connectivity index (χ4n) is 3.48. The Morgan fingerprint density at radius 3 is 2.58 bits per heavy atom. The summed E-state index contributed by atoms with van der Waals surface area (Å²) >= 11 is 0. The summed E-state index contributed by atoms with van der Waals surface area (Å²) < 4.78 is 9.47. The molecule has 0 saturated heterocycles. The van der Waals surface area contributed by atoms with Crippen molar-refractivity contribution in [3.63, 3.8) is 0 Å². The Kier molecular flexibility index (Phi) is 3.95. The van der Waals surface area contributed by atoms with Gasteiger partial charge in [-0.3, -0.25) is 9.59 Å². The molecule has 1 N–H and O–H groups in total. The number of amides is 1. The SMILES string of the molecule is COC(=O)CCC(C(=O)OC)N1C(=O)c2cc(O)ccc2C12CC2. The molecule has 2 aliphatic rings. The zero-order chi connectivity index (χ0) is 17.5. The molecule has 1 unspecified atom stereocenters. The van der Waals surface area contributed by atoms with E-state index in [1.165, 1.54) is 31.3 Å². The van der Waals surface area contributed by atoms with E-state index < -0.39 is 23.5 Å². The van der Waals surface area contributed by atoms with E-state index in [0.29, 0.717) is 5.56 Å². The Labute approximate surface area is 139 Å². The summed E-state index contributed by atoms with van der Waals surface area (Å²) in [6.45, 7) is 0. The lowest BCUT2D eigenvalue weighted by molar-refractivity contribution is -0.148. The summed E-state index contributed by atoms with van der Waals surface area (Å²) in [5.74, 6) is -1.33. The summed E-state index contributed by atoms with van der Waals surface area (Å²) in [4.78, 5) is 38.1. The van der Waals surface area contributed by atoms with Gasteiger partial charge in [-0.2, -0.15) is 0 Å². The number of aromatic hydroxyl groups is 1. The molecule has 3 rings (SSSR count). The molecule has 1 aromatic carbocycles. The van der Waals surface area contributed by atoms with Crippen LogP contribution in [0.15, 0.2) is 18.2 Å². The van der Waals surface area contributed by atoms with Crippen molar-refractivity contribution in [1.29, 1.82) is 0 Å². The lowest BCUT2D eigenvalue weighted by Gasteiger charge is -2.32. The Hall–Kier alpha value is -2.57. The molecule has 1 amide bonds. The largest absolute Gasteiger partial charge is 0.508 e. The fourth-order valence-corrected chi connectivity index (χ4v) is 3.48. The molecule has 0 bridgehead atoms. The first-order chi connectivity index (χ1) is 11.4. The van der Waals surface area contributed by atoms with E-state index in [1.54, 1.807) is 6.07 Å². The van der Waals surface area contributed by atoms with Crippen LogP contribution in [0.25, 0.3) is 0 Å². The second-order valence-corrected chi connectivity index (χ2v) is 6.09. The number of nitrogens with zero attached hydrogens (tertiary/aromatic N) is 1. The average Bonchev–Trinajstić information content (AvgIpc) is 3.33. The molecule has 0 radical (unpaired) electrons. The molecule has 7 nitrogen and oxygen atoms in total. The summed E-state index contributed by atoms with van der Waals surface area (Å²) in [7, 11) is 2.53. The third kappa shape index (κ3) is 2.40. The number of phenolic OH excluding ortho intramolecular Hbond substituents is 1. The van der Waals surface area contributed by atoms with Gasteiger partial charge in [0, 0.05) is 12.0 Å². The lowest BCUT2D eigenvalue weighted by Crippen LogP contribution is -2.47. The zero-order valence-electron chi connectivity index (χ0n) is 13.6. The van der Waals surface area contributed by atoms with E-state index in [2.05, 4.69) is 4.74 Å². The van der Waals surface area contributed by atoms with Crippen molar-refractivity contribution in [2.75, 3.05) is 14.2 Å². The Morgan fingerprint density at radius 1 is 1.29 bits per heavy atom. The molecule has 24 heavy (non-hydrogen) atoms. The van der Waals surface area contributed by atoms with Gasteiger partial charge in [0.05, 0.1) is 19.8 Å². The maximum atomic E-state index is 12.9. The second-order valence-electron chi connectivity index (χ2n) is 6.09. The minimum atomic E-state index is -0.862. The molecule has 1 atom stereocenters. The quantitative estimate of drug-likeness (QED) is 0.817. The Bertz CT molecular complexity index is 709. The Balaban J connectivity index is 1.95. The molecule has 1 aliphatic heterocycles. The van der Waals surface area contributed by atoms with Gasteiger partial charge in [-0.25, -0.2) is 4.79 Å². The van der Waals surface area contributed by atoms with Crippen LogP contribution in [0.3, 0.4) is 0 Å². The van der Waals surface area contributed by atoms with Crippen LogP contribution < -0.4 is 0 Å². The first-order valence-electron chi connectivity index (χ1n) is 7.76. The summed E-state index contributed by atoms with van der Waals surface area (Å²) in [5, 5.41) is 9.67. The normalized spacial score (nSPS) is 18.2. The third-order valence-corrected chi connectivity index (χ3v) is 4.77. The molecule has 1 heterocycles. The molecule has 1 aliphatic carbocycles. The highest BCUT2D eigenvalue weighted by Gasteiger charge is 2.60.